The minimum atomic E-state index is -1.33. The Balaban J connectivity index is 1.27. The molecule has 0 aliphatic carbocycles. The number of carbonyl (C=O) groups excluding carboxylic acids is 6. The molecule has 0 saturated carbocycles. The van der Waals surface area contributed by atoms with Crippen LogP contribution in [0.15, 0.2) is 147 Å². The average molecular weight is 1060 g/mol. The molecule has 3 aromatic heterocycles. The lowest BCUT2D eigenvalue weighted by Crippen LogP contribution is -2.68. The standard InChI is InChI=1S/C54H63B3N12O9/c1-34(2)28-43(64-52(73)46(37-16-10-7-11-17-37)67-49(70)40-31-58-22-25-61-40)55-76-56(44(29-35(3)4)65-53(74)47(38-18-12-8-13-19-38)68-50(71)41-32-59-23-26-62-41)78-57(77-55)45(30-36(5)6)66-54(75)48(39-20-14-9-15-21-39)69-51(72)42-33-60-24-27-63-42/h7-27,31-36,43-48H,28-30H2,1-6H3,(H,64,73)(H,65,74)(H,66,75)(H,67,70)(H,68,71)(H,69,72). The SMILES string of the molecule is CC(C)CC(NC(=O)C(NC(=O)c1cnccn1)c1ccccc1)B1OB(C(CC(C)C)NC(=O)C(NC(=O)c2cnccn2)c2ccccc2)OB(C(CC(C)C)NC(=O)C(NC(=O)c2cnccn2)c2ccccc2)O1. The van der Waals surface area contributed by atoms with Crippen LogP contribution in [0.2, 0.25) is 0 Å². The third kappa shape index (κ3) is 16.4. The van der Waals surface area contributed by atoms with Crippen LogP contribution in [-0.4, -0.2) is 105 Å². The van der Waals surface area contributed by atoms with E-state index in [1.807, 2.05) is 41.5 Å². The number of benzene rings is 3. The van der Waals surface area contributed by atoms with Gasteiger partial charge in [0.1, 0.15) is 35.2 Å². The van der Waals surface area contributed by atoms with Gasteiger partial charge in [-0.05, 0) is 53.7 Å². The van der Waals surface area contributed by atoms with Crippen LogP contribution < -0.4 is 31.9 Å². The fraction of sp³-hybridized carbons (Fsp3) is 0.333. The zero-order valence-electron chi connectivity index (χ0n) is 44.3. The van der Waals surface area contributed by atoms with Gasteiger partial charge in [-0.15, -0.1) is 0 Å². The van der Waals surface area contributed by atoms with E-state index >= 15 is 0 Å². The van der Waals surface area contributed by atoms with Crippen molar-refractivity contribution in [1.29, 1.82) is 0 Å². The Morgan fingerprint density at radius 2 is 0.641 bits per heavy atom. The number of nitrogens with zero attached hydrogens (tertiary/aromatic N) is 6. The highest BCUT2D eigenvalue weighted by Crippen LogP contribution is 2.26. The van der Waals surface area contributed by atoms with Gasteiger partial charge in [0.25, 0.3) is 17.7 Å². The van der Waals surface area contributed by atoms with E-state index in [1.165, 1.54) is 55.8 Å². The van der Waals surface area contributed by atoms with Gasteiger partial charge in [-0.3, -0.25) is 43.7 Å². The smallest absolute Gasteiger partial charge is 0.450 e. The highest BCUT2D eigenvalue weighted by atomic mass is 16.7. The lowest BCUT2D eigenvalue weighted by molar-refractivity contribution is -0.124. The fourth-order valence-electron chi connectivity index (χ4n) is 8.80. The molecule has 1 aliphatic heterocycles. The van der Waals surface area contributed by atoms with Crippen LogP contribution in [0.5, 0.6) is 0 Å². The normalized spacial score (nSPS) is 14.8. The molecule has 24 heteroatoms. The third-order valence-electron chi connectivity index (χ3n) is 12.3. The minimum absolute atomic E-state index is 0.00570. The summed E-state index contributed by atoms with van der Waals surface area (Å²) in [6, 6.07) is 22.4. The lowest BCUT2D eigenvalue weighted by atomic mass is 9.58. The first-order valence-electron chi connectivity index (χ1n) is 25.9. The molecule has 6 unspecified atom stereocenters. The van der Waals surface area contributed by atoms with E-state index in [0.29, 0.717) is 16.7 Å². The summed E-state index contributed by atoms with van der Waals surface area (Å²) in [4.78, 5) is 110. The molecule has 6 aromatic rings. The molecule has 1 fully saturated rings. The summed E-state index contributed by atoms with van der Waals surface area (Å²) in [5.74, 6) is -6.88. The minimum Gasteiger partial charge on any atom is -0.450 e. The summed E-state index contributed by atoms with van der Waals surface area (Å²) in [6.07, 6.45) is 13.1. The Kier molecular flexibility index (Phi) is 20.8. The number of hydrogen-bond donors (Lipinski definition) is 6. The molecule has 78 heavy (non-hydrogen) atoms. The molecule has 6 amide bonds. The van der Waals surface area contributed by atoms with Gasteiger partial charge < -0.3 is 45.6 Å². The Hall–Kier alpha value is -8.21. The second-order valence-electron chi connectivity index (χ2n) is 20.0. The zero-order valence-corrected chi connectivity index (χ0v) is 44.3. The highest BCUT2D eigenvalue weighted by molar-refractivity contribution is 6.75. The molecule has 4 heterocycles. The van der Waals surface area contributed by atoms with Gasteiger partial charge in [0.05, 0.1) is 36.4 Å². The van der Waals surface area contributed by atoms with Crippen LogP contribution in [0.1, 0.15) is 127 Å². The van der Waals surface area contributed by atoms with Crippen LogP contribution in [-0.2, 0) is 28.1 Å². The highest BCUT2D eigenvalue weighted by Gasteiger charge is 2.52. The maximum Gasteiger partial charge on any atom is 0.453 e. The molecule has 21 nitrogen and oxygen atoms in total. The number of nitrogens with one attached hydrogen (secondary N) is 6. The Bertz CT molecular complexity index is 2580. The summed E-state index contributed by atoms with van der Waals surface area (Å²) >= 11 is 0. The molecule has 6 atom stereocenters. The number of rotatable bonds is 24. The number of hydrogen-bond acceptors (Lipinski definition) is 15. The van der Waals surface area contributed by atoms with Crippen molar-refractivity contribution in [1.82, 2.24) is 61.8 Å². The molecule has 0 bridgehead atoms. The molecule has 3 aromatic carbocycles. The van der Waals surface area contributed by atoms with Crippen LogP contribution >= 0.6 is 0 Å². The van der Waals surface area contributed by atoms with Crippen LogP contribution in [0.4, 0.5) is 0 Å². The van der Waals surface area contributed by atoms with Gasteiger partial charge in [-0.25, -0.2) is 15.0 Å². The topological polar surface area (TPSA) is 280 Å². The number of amides is 6. The first-order chi connectivity index (χ1) is 37.6. The van der Waals surface area contributed by atoms with Crippen molar-refractivity contribution in [3.8, 4) is 0 Å². The maximum atomic E-state index is 14.9. The lowest BCUT2D eigenvalue weighted by Gasteiger charge is -2.41. The Morgan fingerprint density at radius 1 is 0.385 bits per heavy atom. The average Bonchev–Trinajstić information content (AvgIpc) is 3.47. The van der Waals surface area contributed by atoms with E-state index in [0.717, 1.165) is 0 Å². The maximum absolute atomic E-state index is 14.9. The van der Waals surface area contributed by atoms with E-state index in [1.54, 1.807) is 91.0 Å². The summed E-state index contributed by atoms with van der Waals surface area (Å²) in [6.45, 7) is 11.7. The van der Waals surface area contributed by atoms with Gasteiger partial charge in [0, 0.05) is 37.2 Å². The Labute approximate surface area is 454 Å². The summed E-state index contributed by atoms with van der Waals surface area (Å²) < 4.78 is 20.5. The second kappa shape index (κ2) is 28.3. The van der Waals surface area contributed by atoms with E-state index in [2.05, 4.69) is 61.8 Å². The zero-order chi connectivity index (χ0) is 55.6. The van der Waals surface area contributed by atoms with Crippen molar-refractivity contribution < 1.29 is 42.5 Å². The van der Waals surface area contributed by atoms with Crippen LogP contribution in [0, 0.1) is 17.8 Å². The molecule has 6 N–H and O–H groups in total. The largest absolute Gasteiger partial charge is 0.453 e. The first kappa shape index (κ1) is 57.5. The van der Waals surface area contributed by atoms with Crippen molar-refractivity contribution in [2.75, 3.05) is 0 Å². The second-order valence-corrected chi connectivity index (χ2v) is 20.0. The molecular formula is C54H63B3N12O9. The molecule has 1 saturated heterocycles. The third-order valence-corrected chi connectivity index (χ3v) is 12.3. The molecular weight excluding hydrogens is 993 g/mol. The van der Waals surface area contributed by atoms with Crippen LogP contribution in [0.25, 0.3) is 0 Å². The summed E-state index contributed by atoms with van der Waals surface area (Å²) in [5.41, 5.74) is 1.39. The predicted octanol–water partition coefficient (Wildman–Crippen LogP) is 4.61. The van der Waals surface area contributed by atoms with E-state index in [4.69, 9.17) is 13.7 Å². The van der Waals surface area contributed by atoms with E-state index < -0.39 is 92.7 Å². The molecule has 7 rings (SSSR count). The summed E-state index contributed by atoms with van der Waals surface area (Å²) in [7, 11) is -3.98. The molecule has 402 valence electrons. The van der Waals surface area contributed by atoms with Gasteiger partial charge >= 0.3 is 21.4 Å². The summed E-state index contributed by atoms with van der Waals surface area (Å²) in [5, 5.41) is 17.8. The van der Waals surface area contributed by atoms with Crippen molar-refractivity contribution in [3.63, 3.8) is 0 Å². The van der Waals surface area contributed by atoms with E-state index in [-0.39, 0.29) is 54.1 Å². The van der Waals surface area contributed by atoms with Gasteiger partial charge in [0.2, 0.25) is 17.7 Å². The predicted molar refractivity (Wildman–Crippen MR) is 291 cm³/mol. The van der Waals surface area contributed by atoms with Crippen molar-refractivity contribution >= 4 is 56.8 Å². The van der Waals surface area contributed by atoms with Crippen molar-refractivity contribution in [3.05, 3.63) is 181 Å². The van der Waals surface area contributed by atoms with Gasteiger partial charge in [0.15, 0.2) is 0 Å². The van der Waals surface area contributed by atoms with Crippen molar-refractivity contribution in [2.45, 2.75) is 96.8 Å². The quantitative estimate of drug-likeness (QED) is 0.0452. The first-order valence-corrected chi connectivity index (χ1v) is 25.9. The molecule has 0 spiro atoms. The van der Waals surface area contributed by atoms with Crippen LogP contribution in [0.3, 0.4) is 0 Å². The number of carbonyl (C=O) groups is 6. The fourth-order valence-corrected chi connectivity index (χ4v) is 8.80. The Morgan fingerprint density at radius 3 is 0.859 bits per heavy atom. The molecule has 0 radical (unpaired) electrons. The number of aromatic nitrogens is 6. The van der Waals surface area contributed by atoms with Gasteiger partial charge in [-0.1, -0.05) is 133 Å². The van der Waals surface area contributed by atoms with Gasteiger partial charge in [-0.2, -0.15) is 0 Å². The van der Waals surface area contributed by atoms with Crippen molar-refractivity contribution in [2.24, 2.45) is 17.8 Å². The van der Waals surface area contributed by atoms with E-state index in [9.17, 15) is 28.8 Å². The monoisotopic (exact) mass is 1060 g/mol. The molecule has 1 aliphatic rings.